The Labute approximate surface area is 173 Å². The summed E-state index contributed by atoms with van der Waals surface area (Å²) in [5.41, 5.74) is 0.162. The summed E-state index contributed by atoms with van der Waals surface area (Å²) < 4.78 is 20.5. The lowest BCUT2D eigenvalue weighted by Crippen LogP contribution is -2.83. The number of halogens is 2. The van der Waals surface area contributed by atoms with Gasteiger partial charge in [-0.25, -0.2) is 4.39 Å². The molecule has 1 aromatic carbocycles. The van der Waals surface area contributed by atoms with Crippen molar-refractivity contribution < 1.29 is 19.0 Å². The highest BCUT2D eigenvalue weighted by molar-refractivity contribution is 6.30. The molecule has 1 unspecified atom stereocenters. The van der Waals surface area contributed by atoms with Crippen LogP contribution in [0.4, 0.5) is 4.39 Å². The number of aromatic nitrogens is 2. The molecule has 0 saturated heterocycles. The fourth-order valence-electron chi connectivity index (χ4n) is 4.27. The van der Waals surface area contributed by atoms with E-state index < -0.39 is 12.0 Å². The monoisotopic (exact) mass is 422 g/mol. The zero-order valence-corrected chi connectivity index (χ0v) is 17.0. The first kappa shape index (κ1) is 20.1. The second-order valence-electron chi connectivity index (χ2n) is 8.36. The third-order valence-corrected chi connectivity index (χ3v) is 5.88. The number of nitrogens with zero attached hydrogens (tertiary/aromatic N) is 2. The number of hydrogen-bond donors (Lipinski definition) is 3. The Kier molecular flexibility index (Phi) is 5.04. The summed E-state index contributed by atoms with van der Waals surface area (Å²) in [7, 11) is 0. The molecule has 1 amide bonds. The van der Waals surface area contributed by atoms with Crippen LogP contribution < -0.4 is 15.4 Å². The van der Waals surface area contributed by atoms with Gasteiger partial charge in [0.2, 0.25) is 0 Å². The summed E-state index contributed by atoms with van der Waals surface area (Å²) >= 11 is 5.63. The molecule has 5 rings (SSSR count). The molecule has 29 heavy (non-hydrogen) atoms. The van der Waals surface area contributed by atoms with Crippen molar-refractivity contribution >= 4 is 17.5 Å². The molecule has 2 bridgehead atoms. The van der Waals surface area contributed by atoms with Gasteiger partial charge in [0.15, 0.2) is 6.61 Å². The zero-order valence-electron chi connectivity index (χ0n) is 16.3. The van der Waals surface area contributed by atoms with Gasteiger partial charge in [-0.05, 0) is 51.3 Å². The number of carbonyl (C=O) groups excluding carboxylic acids is 1. The van der Waals surface area contributed by atoms with Crippen molar-refractivity contribution in [1.29, 1.82) is 0 Å². The van der Waals surface area contributed by atoms with Crippen molar-refractivity contribution in [3.8, 4) is 5.75 Å². The second kappa shape index (κ2) is 7.27. The van der Waals surface area contributed by atoms with Gasteiger partial charge in [-0.3, -0.25) is 14.8 Å². The van der Waals surface area contributed by atoms with E-state index in [1.54, 1.807) is 10.7 Å². The van der Waals surface area contributed by atoms with Crippen LogP contribution in [0.2, 0.25) is 5.02 Å². The van der Waals surface area contributed by atoms with E-state index in [0.717, 1.165) is 25.3 Å². The lowest BCUT2D eigenvalue weighted by molar-refractivity contribution is -0.151. The van der Waals surface area contributed by atoms with Crippen molar-refractivity contribution in [3.05, 3.63) is 47.0 Å². The van der Waals surface area contributed by atoms with Gasteiger partial charge < -0.3 is 15.2 Å². The van der Waals surface area contributed by atoms with Gasteiger partial charge in [-0.1, -0.05) is 11.6 Å². The average molecular weight is 423 g/mol. The molecule has 3 aliphatic carbocycles. The summed E-state index contributed by atoms with van der Waals surface area (Å²) in [4.78, 5) is 12.2. The minimum Gasteiger partial charge on any atom is -0.484 e. The topological polar surface area (TPSA) is 88.4 Å². The SMILES string of the molecule is CC(C)n1ccc(C(O)NC23CC(NC(=O)COc4ccc(Cl)c(F)c4)(C2)C3)n1. The van der Waals surface area contributed by atoms with E-state index in [9.17, 15) is 14.3 Å². The molecule has 0 aliphatic heterocycles. The highest BCUT2D eigenvalue weighted by Crippen LogP contribution is 2.60. The minimum atomic E-state index is -0.841. The van der Waals surface area contributed by atoms with Gasteiger partial charge in [-0.15, -0.1) is 0 Å². The number of benzene rings is 1. The highest BCUT2D eigenvalue weighted by atomic mass is 35.5. The van der Waals surface area contributed by atoms with E-state index in [4.69, 9.17) is 16.3 Å². The van der Waals surface area contributed by atoms with E-state index in [0.29, 0.717) is 5.69 Å². The largest absolute Gasteiger partial charge is 0.484 e. The van der Waals surface area contributed by atoms with E-state index in [-0.39, 0.29) is 40.4 Å². The number of rotatable bonds is 8. The molecule has 1 atom stereocenters. The first-order chi connectivity index (χ1) is 13.7. The molecule has 7 nitrogen and oxygen atoms in total. The van der Waals surface area contributed by atoms with E-state index in [1.807, 2.05) is 20.0 Å². The zero-order chi connectivity index (χ0) is 20.8. The van der Waals surface area contributed by atoms with Crippen LogP contribution in [0.15, 0.2) is 30.5 Å². The van der Waals surface area contributed by atoms with Gasteiger partial charge in [0.25, 0.3) is 5.91 Å². The minimum absolute atomic E-state index is 0.00613. The summed E-state index contributed by atoms with van der Waals surface area (Å²) in [6.45, 7) is 3.85. The molecular weight excluding hydrogens is 399 g/mol. The van der Waals surface area contributed by atoms with Crippen molar-refractivity contribution in [2.45, 2.75) is 56.5 Å². The summed E-state index contributed by atoms with van der Waals surface area (Å²) in [6, 6.07) is 6.09. The lowest BCUT2D eigenvalue weighted by Gasteiger charge is -2.71. The average Bonchev–Trinajstić information content (AvgIpc) is 3.10. The van der Waals surface area contributed by atoms with Crippen LogP contribution in [-0.4, -0.2) is 38.5 Å². The maximum Gasteiger partial charge on any atom is 0.258 e. The number of nitrogens with one attached hydrogen (secondary N) is 2. The Balaban J connectivity index is 1.23. The Morgan fingerprint density at radius 2 is 2.07 bits per heavy atom. The molecule has 1 heterocycles. The van der Waals surface area contributed by atoms with Crippen LogP contribution in [-0.2, 0) is 4.79 Å². The predicted molar refractivity (Wildman–Crippen MR) is 105 cm³/mol. The number of aliphatic hydroxyl groups is 1. The number of ether oxygens (including phenoxy) is 1. The van der Waals surface area contributed by atoms with E-state index in [2.05, 4.69) is 15.7 Å². The smallest absolute Gasteiger partial charge is 0.258 e. The Morgan fingerprint density at radius 1 is 1.34 bits per heavy atom. The fourth-order valence-corrected chi connectivity index (χ4v) is 4.39. The van der Waals surface area contributed by atoms with Gasteiger partial charge in [0.1, 0.15) is 23.5 Å². The molecular formula is C20H24ClFN4O3. The molecule has 156 valence electrons. The van der Waals surface area contributed by atoms with Gasteiger partial charge in [0, 0.05) is 29.4 Å². The van der Waals surface area contributed by atoms with E-state index >= 15 is 0 Å². The highest BCUT2D eigenvalue weighted by Gasteiger charge is 2.69. The van der Waals surface area contributed by atoms with Crippen LogP contribution >= 0.6 is 11.6 Å². The third kappa shape index (κ3) is 3.97. The summed E-state index contributed by atoms with van der Waals surface area (Å²) in [6.07, 6.45) is 3.23. The van der Waals surface area contributed by atoms with Crippen LogP contribution in [0, 0.1) is 5.82 Å². The summed E-state index contributed by atoms with van der Waals surface area (Å²) in [5.74, 6) is -0.597. The number of aliphatic hydroxyl groups excluding tert-OH is 1. The standard InChI is InChI=1S/C20H24ClFN4O3/c1-12(2)26-6-5-16(25-26)18(28)24-20-9-19(10-20,11-20)23-17(27)8-29-13-3-4-14(21)15(22)7-13/h3-7,12,18,24,28H,8-11H2,1-2H3,(H,23,27). The fraction of sp³-hybridized carbons (Fsp3) is 0.500. The first-order valence-electron chi connectivity index (χ1n) is 9.59. The molecule has 0 radical (unpaired) electrons. The molecule has 3 N–H and O–H groups in total. The molecule has 0 spiro atoms. The van der Waals surface area contributed by atoms with Crippen LogP contribution in [0.3, 0.4) is 0 Å². The van der Waals surface area contributed by atoms with Crippen molar-refractivity contribution in [1.82, 2.24) is 20.4 Å². The maximum absolute atomic E-state index is 13.4. The maximum atomic E-state index is 13.4. The van der Waals surface area contributed by atoms with Crippen molar-refractivity contribution in [2.24, 2.45) is 0 Å². The normalized spacial score (nSPS) is 25.9. The van der Waals surface area contributed by atoms with Gasteiger partial charge in [0.05, 0.1) is 5.02 Å². The molecule has 2 aromatic rings. The molecule has 3 saturated carbocycles. The van der Waals surface area contributed by atoms with Crippen LogP contribution in [0.1, 0.15) is 51.1 Å². The van der Waals surface area contributed by atoms with Crippen LogP contribution in [0.5, 0.6) is 5.75 Å². The molecule has 1 aromatic heterocycles. The number of carbonyl (C=O) groups is 1. The van der Waals surface area contributed by atoms with Crippen LogP contribution in [0.25, 0.3) is 0 Å². The van der Waals surface area contributed by atoms with Crippen molar-refractivity contribution in [2.75, 3.05) is 6.61 Å². The van der Waals surface area contributed by atoms with Crippen molar-refractivity contribution in [3.63, 3.8) is 0 Å². The Bertz CT molecular complexity index is 912. The van der Waals surface area contributed by atoms with E-state index in [1.165, 1.54) is 12.1 Å². The predicted octanol–water partition coefficient (Wildman–Crippen LogP) is 2.71. The quantitative estimate of drug-likeness (QED) is 0.569. The van der Waals surface area contributed by atoms with Gasteiger partial charge >= 0.3 is 0 Å². The first-order valence-corrected chi connectivity index (χ1v) is 9.97. The number of amides is 1. The Morgan fingerprint density at radius 3 is 2.69 bits per heavy atom. The summed E-state index contributed by atoms with van der Waals surface area (Å²) in [5, 5.41) is 21.0. The third-order valence-electron chi connectivity index (χ3n) is 5.58. The van der Waals surface area contributed by atoms with Gasteiger partial charge in [-0.2, -0.15) is 5.10 Å². The Hall–Kier alpha value is -2.16. The lowest BCUT2D eigenvalue weighted by atomic mass is 9.44. The molecule has 9 heteroatoms. The number of hydrogen-bond acceptors (Lipinski definition) is 5. The molecule has 3 fully saturated rings. The second-order valence-corrected chi connectivity index (χ2v) is 8.77. The molecule has 3 aliphatic rings.